The molecule has 1 aliphatic rings. The van der Waals surface area contributed by atoms with Crippen molar-refractivity contribution in [1.29, 1.82) is 5.26 Å². The third-order valence-corrected chi connectivity index (χ3v) is 2.49. The van der Waals surface area contributed by atoms with Crippen molar-refractivity contribution in [3.05, 3.63) is 41.7 Å². The van der Waals surface area contributed by atoms with Crippen LogP contribution in [0.5, 0.6) is 0 Å². The van der Waals surface area contributed by atoms with Crippen LogP contribution in [0.1, 0.15) is 18.4 Å². The van der Waals surface area contributed by atoms with Crippen LogP contribution in [0, 0.1) is 17.1 Å². The molecule has 1 aromatic rings. The fourth-order valence-corrected chi connectivity index (χ4v) is 1.71. The number of nitrogens with one attached hydrogen (secondary N) is 1. The molecule has 1 aromatic carbocycles. The number of hydrogen-bond donors (Lipinski definition) is 1. The topological polar surface area (TPSA) is 35.8 Å². The lowest BCUT2D eigenvalue weighted by molar-refractivity contribution is 0.623. The minimum atomic E-state index is -0.464. The van der Waals surface area contributed by atoms with Crippen molar-refractivity contribution in [2.45, 2.75) is 18.9 Å². The first kappa shape index (κ1) is 9.72. The van der Waals surface area contributed by atoms with Gasteiger partial charge in [-0.1, -0.05) is 18.2 Å². The Morgan fingerprint density at radius 1 is 1.33 bits per heavy atom. The Morgan fingerprint density at radius 3 is 2.73 bits per heavy atom. The third kappa shape index (κ3) is 1.99. The summed E-state index contributed by atoms with van der Waals surface area (Å²) in [5.41, 5.74) is 0.690. The Morgan fingerprint density at radius 2 is 2.07 bits per heavy atom. The van der Waals surface area contributed by atoms with Gasteiger partial charge in [0, 0.05) is 6.04 Å². The lowest BCUT2D eigenvalue weighted by atomic mass is 10.1. The van der Waals surface area contributed by atoms with E-state index in [2.05, 4.69) is 17.5 Å². The average Bonchev–Trinajstić information content (AvgIpc) is 2.71. The van der Waals surface area contributed by atoms with E-state index in [1.54, 1.807) is 12.1 Å². The maximum atomic E-state index is 13.2. The zero-order valence-electron chi connectivity index (χ0n) is 8.20. The molecular formula is C12H11FN2. The molecule has 1 N–H and O–H groups in total. The molecule has 0 saturated carbocycles. The molecule has 0 heterocycles. The molecule has 1 aliphatic carbocycles. The van der Waals surface area contributed by atoms with Crippen molar-refractivity contribution in [1.82, 2.24) is 0 Å². The van der Waals surface area contributed by atoms with Crippen LogP contribution in [0.15, 0.2) is 30.4 Å². The van der Waals surface area contributed by atoms with Crippen LogP contribution in [-0.4, -0.2) is 6.04 Å². The quantitative estimate of drug-likeness (QED) is 0.748. The molecule has 15 heavy (non-hydrogen) atoms. The van der Waals surface area contributed by atoms with Gasteiger partial charge in [-0.15, -0.1) is 0 Å². The van der Waals surface area contributed by atoms with Gasteiger partial charge in [-0.05, 0) is 25.0 Å². The lowest BCUT2D eigenvalue weighted by Crippen LogP contribution is -2.16. The van der Waals surface area contributed by atoms with Crippen molar-refractivity contribution in [3.8, 4) is 6.07 Å². The summed E-state index contributed by atoms with van der Waals surface area (Å²) in [6.07, 6.45) is 6.04. The molecule has 2 nitrogen and oxygen atoms in total. The zero-order valence-corrected chi connectivity index (χ0v) is 8.20. The van der Waals surface area contributed by atoms with Gasteiger partial charge in [0.1, 0.15) is 17.4 Å². The highest BCUT2D eigenvalue weighted by Gasteiger charge is 2.13. The van der Waals surface area contributed by atoms with Crippen LogP contribution in [-0.2, 0) is 0 Å². The van der Waals surface area contributed by atoms with E-state index in [4.69, 9.17) is 5.26 Å². The molecular weight excluding hydrogens is 191 g/mol. The first-order valence-corrected chi connectivity index (χ1v) is 4.91. The molecule has 0 amide bonds. The van der Waals surface area contributed by atoms with Gasteiger partial charge in [-0.25, -0.2) is 4.39 Å². The molecule has 0 saturated heterocycles. The van der Waals surface area contributed by atoms with Crippen molar-refractivity contribution >= 4 is 5.69 Å². The molecule has 0 bridgehead atoms. The van der Waals surface area contributed by atoms with Gasteiger partial charge in [0.2, 0.25) is 0 Å². The van der Waals surface area contributed by atoms with Crippen LogP contribution in [0.4, 0.5) is 10.1 Å². The molecule has 0 aliphatic heterocycles. The number of hydrogen-bond acceptors (Lipinski definition) is 2. The number of rotatable bonds is 2. The largest absolute Gasteiger partial charge is 0.381 e. The van der Waals surface area contributed by atoms with E-state index in [0.29, 0.717) is 11.7 Å². The highest BCUT2D eigenvalue weighted by atomic mass is 19.1. The van der Waals surface area contributed by atoms with E-state index in [-0.39, 0.29) is 5.56 Å². The van der Waals surface area contributed by atoms with Crippen molar-refractivity contribution in [2.75, 3.05) is 5.32 Å². The summed E-state index contributed by atoms with van der Waals surface area (Å²) in [5.74, 6) is -0.464. The highest BCUT2D eigenvalue weighted by molar-refractivity contribution is 5.58. The van der Waals surface area contributed by atoms with Gasteiger partial charge >= 0.3 is 0 Å². The Kier molecular flexibility index (Phi) is 2.68. The SMILES string of the molecule is N#Cc1c(F)cccc1NC1CC=CC1. The maximum Gasteiger partial charge on any atom is 0.143 e. The second-order valence-electron chi connectivity index (χ2n) is 3.56. The van der Waals surface area contributed by atoms with Gasteiger partial charge in [-0.3, -0.25) is 0 Å². The normalized spacial score (nSPS) is 15.2. The van der Waals surface area contributed by atoms with E-state index in [1.165, 1.54) is 6.07 Å². The molecule has 3 heteroatoms. The minimum absolute atomic E-state index is 0.101. The van der Waals surface area contributed by atoms with Crippen molar-refractivity contribution in [3.63, 3.8) is 0 Å². The summed E-state index contributed by atoms with van der Waals surface area (Å²) in [5, 5.41) is 12.0. The van der Waals surface area contributed by atoms with Gasteiger partial charge in [-0.2, -0.15) is 5.26 Å². The number of halogens is 1. The summed E-state index contributed by atoms with van der Waals surface area (Å²) in [4.78, 5) is 0. The van der Waals surface area contributed by atoms with Crippen LogP contribution >= 0.6 is 0 Å². The van der Waals surface area contributed by atoms with E-state index >= 15 is 0 Å². The molecule has 0 aromatic heterocycles. The Labute approximate surface area is 88.0 Å². The fourth-order valence-electron chi connectivity index (χ4n) is 1.71. The number of benzene rings is 1. The first-order valence-electron chi connectivity index (χ1n) is 4.91. The monoisotopic (exact) mass is 202 g/mol. The van der Waals surface area contributed by atoms with Crippen LogP contribution in [0.3, 0.4) is 0 Å². The summed E-state index contributed by atoms with van der Waals surface area (Å²) < 4.78 is 13.2. The predicted molar refractivity (Wildman–Crippen MR) is 56.9 cm³/mol. The van der Waals surface area contributed by atoms with Crippen molar-refractivity contribution < 1.29 is 4.39 Å². The number of anilines is 1. The summed E-state index contributed by atoms with van der Waals surface area (Å²) in [6, 6.07) is 6.82. The maximum absolute atomic E-state index is 13.2. The summed E-state index contributed by atoms with van der Waals surface area (Å²) in [6.45, 7) is 0. The van der Waals surface area contributed by atoms with E-state index in [0.717, 1.165) is 12.8 Å². The van der Waals surface area contributed by atoms with E-state index in [9.17, 15) is 4.39 Å². The Balaban J connectivity index is 2.21. The second kappa shape index (κ2) is 4.14. The number of nitriles is 1. The van der Waals surface area contributed by atoms with Crippen LogP contribution in [0.25, 0.3) is 0 Å². The van der Waals surface area contributed by atoms with Gasteiger partial charge < -0.3 is 5.32 Å². The predicted octanol–water partition coefficient (Wildman–Crippen LogP) is 2.83. The molecule has 76 valence electrons. The van der Waals surface area contributed by atoms with E-state index in [1.807, 2.05) is 6.07 Å². The Hall–Kier alpha value is -1.82. The summed E-state index contributed by atoms with van der Waals surface area (Å²) >= 11 is 0. The standard InChI is InChI=1S/C12H11FN2/c13-11-6-3-7-12(10(11)8-14)15-9-4-1-2-5-9/h1-3,6-7,9,15H,4-5H2. The van der Waals surface area contributed by atoms with Gasteiger partial charge in [0.05, 0.1) is 5.69 Å². The smallest absolute Gasteiger partial charge is 0.143 e. The molecule has 0 fully saturated rings. The molecule has 0 radical (unpaired) electrons. The molecule has 0 atom stereocenters. The van der Waals surface area contributed by atoms with E-state index < -0.39 is 5.82 Å². The highest BCUT2D eigenvalue weighted by Crippen LogP contribution is 2.22. The van der Waals surface area contributed by atoms with Crippen molar-refractivity contribution in [2.24, 2.45) is 0 Å². The number of nitrogens with zero attached hydrogens (tertiary/aromatic N) is 1. The fraction of sp³-hybridized carbons (Fsp3) is 0.250. The zero-order chi connectivity index (χ0) is 10.7. The lowest BCUT2D eigenvalue weighted by Gasteiger charge is -2.14. The van der Waals surface area contributed by atoms with Gasteiger partial charge in [0.25, 0.3) is 0 Å². The Bertz CT molecular complexity index is 424. The first-order chi connectivity index (χ1) is 7.31. The molecule has 0 spiro atoms. The average molecular weight is 202 g/mol. The summed E-state index contributed by atoms with van der Waals surface area (Å²) in [7, 11) is 0. The third-order valence-electron chi connectivity index (χ3n) is 2.49. The van der Waals surface area contributed by atoms with Gasteiger partial charge in [0.15, 0.2) is 0 Å². The van der Waals surface area contributed by atoms with Crippen LogP contribution in [0.2, 0.25) is 0 Å². The second-order valence-corrected chi connectivity index (χ2v) is 3.56. The molecule has 2 rings (SSSR count). The minimum Gasteiger partial charge on any atom is -0.381 e. The molecule has 0 unspecified atom stereocenters. The van der Waals surface area contributed by atoms with Crippen LogP contribution < -0.4 is 5.32 Å².